The van der Waals surface area contributed by atoms with Crippen molar-refractivity contribution in [1.82, 2.24) is 0 Å². The third kappa shape index (κ3) is 5.60. The lowest BCUT2D eigenvalue weighted by atomic mass is 10.1. The zero-order valence-corrected chi connectivity index (χ0v) is 11.1. The highest BCUT2D eigenvalue weighted by Gasteiger charge is 2.20. The number of carbonyl (C=O) groups is 1. The van der Waals surface area contributed by atoms with Crippen LogP contribution in [0.5, 0.6) is 0 Å². The number of primary amides is 1. The molecular formula is C12H17NO4S. The highest BCUT2D eigenvalue weighted by atomic mass is 32.2. The Morgan fingerprint density at radius 3 is 2.22 bits per heavy atom. The number of nitrogens with two attached hydrogens (primary N) is 1. The van der Waals surface area contributed by atoms with E-state index in [2.05, 4.69) is 12.3 Å². The van der Waals surface area contributed by atoms with Crippen molar-refractivity contribution in [3.05, 3.63) is 48.0 Å². The topological polar surface area (TPSA) is 97.5 Å². The fourth-order valence-corrected chi connectivity index (χ4v) is 1.79. The van der Waals surface area contributed by atoms with Gasteiger partial charge in [0.15, 0.2) is 0 Å². The maximum Gasteiger partial charge on any atom is 0.271 e. The summed E-state index contributed by atoms with van der Waals surface area (Å²) in [4.78, 5) is 9.47. The molecule has 1 atom stereocenters. The average molecular weight is 271 g/mol. The molecule has 5 nitrogen and oxygen atoms in total. The van der Waals surface area contributed by atoms with Gasteiger partial charge in [-0.2, -0.15) is 8.42 Å². The molecule has 3 N–H and O–H groups in total. The number of amides is 1. The summed E-state index contributed by atoms with van der Waals surface area (Å²) in [6, 6.07) is 7.10. The van der Waals surface area contributed by atoms with Crippen molar-refractivity contribution in [3.8, 4) is 0 Å². The smallest absolute Gasteiger partial charge is 0.271 e. The second-order valence-corrected chi connectivity index (χ2v) is 5.36. The van der Waals surface area contributed by atoms with Gasteiger partial charge in [-0.3, -0.25) is 9.35 Å². The van der Waals surface area contributed by atoms with Gasteiger partial charge in [0.05, 0.1) is 0 Å². The van der Waals surface area contributed by atoms with Crippen LogP contribution in [-0.4, -0.2) is 18.9 Å². The molecule has 0 saturated heterocycles. The molecule has 0 heterocycles. The first-order chi connectivity index (χ1) is 8.20. The molecule has 0 radical (unpaired) electrons. The van der Waals surface area contributed by atoms with Crippen molar-refractivity contribution < 1.29 is 17.8 Å². The molecule has 1 amide bonds. The third-order valence-corrected chi connectivity index (χ3v) is 3.42. The fraction of sp³-hybridized carbons (Fsp3) is 0.250. The van der Waals surface area contributed by atoms with Crippen molar-refractivity contribution in [2.45, 2.75) is 19.1 Å². The monoisotopic (exact) mass is 271 g/mol. The lowest BCUT2D eigenvalue weighted by Gasteiger charge is -2.10. The summed E-state index contributed by atoms with van der Waals surface area (Å²) in [5, 5.41) is -0.853. The van der Waals surface area contributed by atoms with Crippen LogP contribution in [0.25, 0.3) is 0 Å². The molecule has 0 saturated carbocycles. The zero-order valence-electron chi connectivity index (χ0n) is 10.3. The lowest BCUT2D eigenvalue weighted by Crippen LogP contribution is -2.09. The van der Waals surface area contributed by atoms with E-state index in [1.54, 1.807) is 12.1 Å². The van der Waals surface area contributed by atoms with Gasteiger partial charge in [-0.1, -0.05) is 30.8 Å². The lowest BCUT2D eigenvalue weighted by molar-refractivity contribution is -0.113. The van der Waals surface area contributed by atoms with Crippen molar-refractivity contribution in [1.29, 1.82) is 0 Å². The summed E-state index contributed by atoms with van der Waals surface area (Å²) in [6.45, 7) is 6.37. The highest BCUT2D eigenvalue weighted by Crippen LogP contribution is 2.23. The molecular weight excluding hydrogens is 254 g/mol. The molecule has 1 unspecified atom stereocenters. The van der Waals surface area contributed by atoms with Crippen molar-refractivity contribution in [3.63, 3.8) is 0 Å². The van der Waals surface area contributed by atoms with E-state index >= 15 is 0 Å². The van der Waals surface area contributed by atoms with Crippen LogP contribution in [-0.2, 0) is 14.9 Å². The fourth-order valence-electron chi connectivity index (χ4n) is 1.20. The Labute approximate surface area is 107 Å². The summed E-state index contributed by atoms with van der Waals surface area (Å²) >= 11 is 0. The Morgan fingerprint density at radius 2 is 1.89 bits per heavy atom. The van der Waals surface area contributed by atoms with E-state index in [4.69, 9.17) is 4.55 Å². The number of rotatable bonds is 3. The van der Waals surface area contributed by atoms with Gasteiger partial charge < -0.3 is 5.73 Å². The molecule has 0 fully saturated rings. The highest BCUT2D eigenvalue weighted by molar-refractivity contribution is 7.86. The molecule has 1 rings (SSSR count). The quantitative estimate of drug-likeness (QED) is 0.644. The van der Waals surface area contributed by atoms with Crippen LogP contribution in [0, 0.1) is 6.92 Å². The van der Waals surface area contributed by atoms with Crippen molar-refractivity contribution in [2.24, 2.45) is 5.73 Å². The van der Waals surface area contributed by atoms with Gasteiger partial charge in [0.1, 0.15) is 5.25 Å². The van der Waals surface area contributed by atoms with E-state index in [9.17, 15) is 13.2 Å². The minimum absolute atomic E-state index is 0.481. The predicted octanol–water partition coefficient (Wildman–Crippen LogP) is 1.60. The van der Waals surface area contributed by atoms with Crippen LogP contribution < -0.4 is 5.73 Å². The van der Waals surface area contributed by atoms with Crippen LogP contribution in [0.3, 0.4) is 0 Å². The molecule has 6 heteroatoms. The van der Waals surface area contributed by atoms with Crippen molar-refractivity contribution in [2.75, 3.05) is 0 Å². The number of hydrogen-bond acceptors (Lipinski definition) is 3. The number of hydrogen-bond donors (Lipinski definition) is 2. The standard InChI is InChI=1S/C9H12O3S.C3H5NO/c1-7-5-3-4-6-9(7)8(2)13(10,11)12;1-2-3(4)5/h3-6,8H,1-2H3,(H,10,11,12);2H,1H2,(H2,4,5). The minimum atomic E-state index is -3.98. The molecule has 100 valence electrons. The first kappa shape index (κ1) is 16.3. The molecule has 0 aliphatic rings. The predicted molar refractivity (Wildman–Crippen MR) is 70.5 cm³/mol. The molecule has 0 aliphatic carbocycles. The van der Waals surface area contributed by atoms with E-state index in [1.165, 1.54) is 6.92 Å². The molecule has 0 aliphatic heterocycles. The summed E-state index contributed by atoms with van der Waals surface area (Å²) in [5.41, 5.74) is 6.05. The Hall–Kier alpha value is -1.66. The maximum atomic E-state index is 10.8. The van der Waals surface area contributed by atoms with Gasteiger partial charge >= 0.3 is 0 Å². The average Bonchev–Trinajstić information content (AvgIpc) is 2.28. The molecule has 18 heavy (non-hydrogen) atoms. The first-order valence-electron chi connectivity index (χ1n) is 5.13. The van der Waals surface area contributed by atoms with E-state index in [1.807, 2.05) is 19.1 Å². The van der Waals surface area contributed by atoms with Gasteiger partial charge in [0.2, 0.25) is 5.91 Å². The van der Waals surface area contributed by atoms with Crippen molar-refractivity contribution >= 4 is 16.0 Å². The SMILES string of the molecule is C=CC(N)=O.Cc1ccccc1C(C)S(=O)(=O)O. The molecule has 0 aromatic heterocycles. The Kier molecular flexibility index (Phi) is 6.29. The Balaban J connectivity index is 0.000000494. The zero-order chi connectivity index (χ0) is 14.3. The van der Waals surface area contributed by atoms with Crippen LogP contribution in [0.15, 0.2) is 36.9 Å². The second kappa shape index (κ2) is 6.93. The summed E-state index contributed by atoms with van der Waals surface area (Å²) < 4.78 is 30.5. The van der Waals surface area contributed by atoms with Gasteiger partial charge in [0, 0.05) is 0 Å². The normalized spacial score (nSPS) is 11.9. The van der Waals surface area contributed by atoms with E-state index in [-0.39, 0.29) is 0 Å². The minimum Gasteiger partial charge on any atom is -0.366 e. The number of benzene rings is 1. The van der Waals surface area contributed by atoms with Gasteiger partial charge in [-0.15, -0.1) is 0 Å². The molecule has 1 aromatic carbocycles. The van der Waals surface area contributed by atoms with E-state index < -0.39 is 21.3 Å². The Bertz CT molecular complexity index is 523. The Morgan fingerprint density at radius 1 is 1.44 bits per heavy atom. The third-order valence-electron chi connectivity index (χ3n) is 2.27. The van der Waals surface area contributed by atoms with Crippen LogP contribution in [0.1, 0.15) is 23.3 Å². The van der Waals surface area contributed by atoms with Gasteiger partial charge in [-0.05, 0) is 31.1 Å². The maximum absolute atomic E-state index is 10.8. The van der Waals surface area contributed by atoms with Gasteiger partial charge in [0.25, 0.3) is 10.1 Å². The van der Waals surface area contributed by atoms with Crippen LogP contribution in [0.4, 0.5) is 0 Å². The second-order valence-electron chi connectivity index (χ2n) is 3.62. The molecule has 1 aromatic rings. The van der Waals surface area contributed by atoms with Gasteiger partial charge in [-0.25, -0.2) is 0 Å². The number of carbonyl (C=O) groups excluding carboxylic acids is 1. The van der Waals surface area contributed by atoms with Crippen LogP contribution >= 0.6 is 0 Å². The largest absolute Gasteiger partial charge is 0.366 e. The van der Waals surface area contributed by atoms with E-state index in [0.717, 1.165) is 11.6 Å². The summed E-state index contributed by atoms with van der Waals surface area (Å²) in [6.07, 6.45) is 1.06. The van der Waals surface area contributed by atoms with E-state index in [0.29, 0.717) is 5.56 Å². The number of aryl methyl sites for hydroxylation is 1. The first-order valence-corrected chi connectivity index (χ1v) is 6.64. The molecule has 0 bridgehead atoms. The van der Waals surface area contributed by atoms with Crippen LogP contribution in [0.2, 0.25) is 0 Å². The molecule has 0 spiro atoms. The summed E-state index contributed by atoms with van der Waals surface area (Å²) in [5.74, 6) is -0.481. The summed E-state index contributed by atoms with van der Waals surface area (Å²) in [7, 11) is -3.98.